The third kappa shape index (κ3) is 7.40. The summed E-state index contributed by atoms with van der Waals surface area (Å²) in [5.74, 6) is -1.23. The van der Waals surface area contributed by atoms with E-state index in [1.165, 1.54) is 4.90 Å². The molecule has 0 radical (unpaired) electrons. The Labute approximate surface area is 112 Å². The van der Waals surface area contributed by atoms with Gasteiger partial charge in [0.25, 0.3) is 0 Å². The monoisotopic (exact) mass is 271 g/mol. The smallest absolute Gasteiger partial charge is 0.321 e. The average Bonchev–Trinajstić information content (AvgIpc) is 2.97. The molecule has 1 fully saturated rings. The predicted molar refractivity (Wildman–Crippen MR) is 68.6 cm³/mol. The van der Waals surface area contributed by atoms with E-state index in [1.54, 1.807) is 0 Å². The SMILES string of the molecule is CC(C)CN(CC(=O)O)CC(=O)NC(=O)NC1CC1. The highest BCUT2D eigenvalue weighted by Crippen LogP contribution is 2.18. The average molecular weight is 271 g/mol. The molecule has 3 amide bonds. The molecule has 0 atom stereocenters. The van der Waals surface area contributed by atoms with Crippen LogP contribution in [-0.2, 0) is 9.59 Å². The van der Waals surface area contributed by atoms with Crippen molar-refractivity contribution in [1.29, 1.82) is 0 Å². The van der Waals surface area contributed by atoms with Crippen molar-refractivity contribution in [3.05, 3.63) is 0 Å². The summed E-state index contributed by atoms with van der Waals surface area (Å²) in [6.45, 7) is 4.06. The molecule has 1 aliphatic rings. The highest BCUT2D eigenvalue weighted by atomic mass is 16.4. The van der Waals surface area contributed by atoms with Crippen molar-refractivity contribution in [1.82, 2.24) is 15.5 Å². The summed E-state index contributed by atoms with van der Waals surface area (Å²) in [7, 11) is 0. The first-order valence-corrected chi connectivity index (χ1v) is 6.41. The summed E-state index contributed by atoms with van der Waals surface area (Å²) in [4.78, 5) is 35.2. The standard InChI is InChI=1S/C12H21N3O4/c1-8(2)5-15(7-11(17)18)6-10(16)14-12(19)13-9-3-4-9/h8-9H,3-7H2,1-2H3,(H,17,18)(H2,13,14,16,19). The van der Waals surface area contributed by atoms with Gasteiger partial charge in [-0.05, 0) is 18.8 Å². The summed E-state index contributed by atoms with van der Waals surface area (Å²) >= 11 is 0. The van der Waals surface area contributed by atoms with E-state index in [0.717, 1.165) is 12.8 Å². The van der Waals surface area contributed by atoms with Crippen LogP contribution in [-0.4, -0.2) is 53.6 Å². The van der Waals surface area contributed by atoms with Crippen LogP contribution in [0, 0.1) is 5.92 Å². The largest absolute Gasteiger partial charge is 0.480 e. The molecule has 108 valence electrons. The number of carboxylic acid groups (broad SMARTS) is 1. The molecular weight excluding hydrogens is 250 g/mol. The minimum Gasteiger partial charge on any atom is -0.480 e. The normalized spacial score (nSPS) is 14.5. The van der Waals surface area contributed by atoms with Gasteiger partial charge in [0.15, 0.2) is 0 Å². The van der Waals surface area contributed by atoms with Crippen molar-refractivity contribution in [3.8, 4) is 0 Å². The lowest BCUT2D eigenvalue weighted by atomic mass is 10.2. The number of imide groups is 1. The summed E-state index contributed by atoms with van der Waals surface area (Å²) in [6.07, 6.45) is 1.89. The number of carbonyl (C=O) groups excluding carboxylic acids is 2. The molecule has 0 aromatic carbocycles. The van der Waals surface area contributed by atoms with Crippen LogP contribution in [0.5, 0.6) is 0 Å². The molecule has 0 aromatic rings. The molecule has 3 N–H and O–H groups in total. The first-order valence-electron chi connectivity index (χ1n) is 6.41. The van der Waals surface area contributed by atoms with Gasteiger partial charge < -0.3 is 10.4 Å². The molecule has 7 nitrogen and oxygen atoms in total. The van der Waals surface area contributed by atoms with Gasteiger partial charge in [-0.2, -0.15) is 0 Å². The van der Waals surface area contributed by atoms with Crippen molar-refractivity contribution < 1.29 is 19.5 Å². The lowest BCUT2D eigenvalue weighted by Gasteiger charge is -2.21. The number of nitrogens with zero attached hydrogens (tertiary/aromatic N) is 1. The Morgan fingerprint density at radius 3 is 2.37 bits per heavy atom. The molecule has 0 saturated heterocycles. The molecule has 0 unspecified atom stereocenters. The van der Waals surface area contributed by atoms with Gasteiger partial charge in [-0.25, -0.2) is 4.79 Å². The van der Waals surface area contributed by atoms with Crippen LogP contribution in [0.2, 0.25) is 0 Å². The quantitative estimate of drug-likeness (QED) is 0.606. The maximum absolute atomic E-state index is 11.6. The van der Waals surface area contributed by atoms with Crippen molar-refractivity contribution in [2.45, 2.75) is 32.7 Å². The summed E-state index contributed by atoms with van der Waals surface area (Å²) < 4.78 is 0. The fraction of sp³-hybridized carbons (Fsp3) is 0.750. The second-order valence-electron chi connectivity index (χ2n) is 5.25. The molecular formula is C12H21N3O4. The van der Waals surface area contributed by atoms with Crippen LogP contribution in [0.25, 0.3) is 0 Å². The molecule has 1 rings (SSSR count). The zero-order valence-corrected chi connectivity index (χ0v) is 11.3. The van der Waals surface area contributed by atoms with Crippen molar-refractivity contribution >= 4 is 17.9 Å². The molecule has 0 heterocycles. The van der Waals surface area contributed by atoms with Crippen LogP contribution >= 0.6 is 0 Å². The van der Waals surface area contributed by atoms with Crippen LogP contribution in [0.4, 0.5) is 4.79 Å². The number of aliphatic carboxylic acids is 1. The Kier molecular flexibility index (Phi) is 5.75. The molecule has 0 bridgehead atoms. The van der Waals surface area contributed by atoms with Gasteiger partial charge in [0.05, 0.1) is 13.1 Å². The second kappa shape index (κ2) is 7.08. The Morgan fingerprint density at radius 1 is 1.26 bits per heavy atom. The number of carbonyl (C=O) groups is 3. The Hall–Kier alpha value is -1.63. The number of hydrogen-bond donors (Lipinski definition) is 3. The third-order valence-electron chi connectivity index (χ3n) is 2.51. The Balaban J connectivity index is 2.35. The van der Waals surface area contributed by atoms with Gasteiger partial charge in [-0.1, -0.05) is 13.8 Å². The number of carboxylic acids is 1. The minimum absolute atomic E-state index is 0.0947. The fourth-order valence-electron chi connectivity index (χ4n) is 1.71. The van der Waals surface area contributed by atoms with E-state index < -0.39 is 17.9 Å². The van der Waals surface area contributed by atoms with E-state index in [4.69, 9.17) is 5.11 Å². The molecule has 1 saturated carbocycles. The first kappa shape index (κ1) is 15.4. The van der Waals surface area contributed by atoms with E-state index >= 15 is 0 Å². The number of hydrogen-bond acceptors (Lipinski definition) is 4. The topological polar surface area (TPSA) is 98.7 Å². The summed E-state index contributed by atoms with van der Waals surface area (Å²) in [5, 5.41) is 13.6. The number of amides is 3. The first-order chi connectivity index (χ1) is 8.86. The number of nitrogens with one attached hydrogen (secondary N) is 2. The maximum Gasteiger partial charge on any atom is 0.321 e. The van der Waals surface area contributed by atoms with Gasteiger partial charge in [-0.15, -0.1) is 0 Å². The molecule has 0 spiro atoms. The van der Waals surface area contributed by atoms with Gasteiger partial charge in [0, 0.05) is 12.6 Å². The fourth-order valence-corrected chi connectivity index (χ4v) is 1.71. The number of urea groups is 1. The van der Waals surface area contributed by atoms with Crippen molar-refractivity contribution in [3.63, 3.8) is 0 Å². The molecule has 19 heavy (non-hydrogen) atoms. The van der Waals surface area contributed by atoms with Gasteiger partial charge in [0.1, 0.15) is 0 Å². The zero-order valence-electron chi connectivity index (χ0n) is 11.3. The van der Waals surface area contributed by atoms with Crippen LogP contribution in [0.3, 0.4) is 0 Å². The Morgan fingerprint density at radius 2 is 1.89 bits per heavy atom. The van der Waals surface area contributed by atoms with E-state index in [0.29, 0.717) is 6.54 Å². The molecule has 0 aliphatic heterocycles. The molecule has 0 aromatic heterocycles. The van der Waals surface area contributed by atoms with Crippen LogP contribution in [0.15, 0.2) is 0 Å². The zero-order chi connectivity index (χ0) is 14.4. The second-order valence-corrected chi connectivity index (χ2v) is 5.25. The summed E-state index contributed by atoms with van der Waals surface area (Å²) in [6, 6.07) is -0.328. The Bertz CT molecular complexity index is 353. The molecule has 7 heteroatoms. The molecule has 1 aliphatic carbocycles. The van der Waals surface area contributed by atoms with E-state index in [9.17, 15) is 14.4 Å². The highest BCUT2D eigenvalue weighted by molar-refractivity contribution is 5.95. The maximum atomic E-state index is 11.6. The van der Waals surface area contributed by atoms with Crippen molar-refractivity contribution in [2.75, 3.05) is 19.6 Å². The third-order valence-corrected chi connectivity index (χ3v) is 2.51. The lowest BCUT2D eigenvalue weighted by Crippen LogP contribution is -2.46. The van der Waals surface area contributed by atoms with Crippen molar-refractivity contribution in [2.24, 2.45) is 5.92 Å². The van der Waals surface area contributed by atoms with Gasteiger partial charge in [0.2, 0.25) is 5.91 Å². The number of rotatable bonds is 7. The van der Waals surface area contributed by atoms with Gasteiger partial charge >= 0.3 is 12.0 Å². The van der Waals surface area contributed by atoms with Crippen LogP contribution in [0.1, 0.15) is 26.7 Å². The van der Waals surface area contributed by atoms with Gasteiger partial charge in [-0.3, -0.25) is 19.8 Å². The van der Waals surface area contributed by atoms with E-state index in [2.05, 4.69) is 10.6 Å². The van der Waals surface area contributed by atoms with E-state index in [-0.39, 0.29) is 25.0 Å². The lowest BCUT2D eigenvalue weighted by molar-refractivity contribution is -0.138. The minimum atomic E-state index is -0.990. The predicted octanol–water partition coefficient (Wildman–Crippen LogP) is 0.0172. The van der Waals surface area contributed by atoms with Crippen LogP contribution < -0.4 is 10.6 Å². The van der Waals surface area contributed by atoms with E-state index in [1.807, 2.05) is 13.8 Å². The highest BCUT2D eigenvalue weighted by Gasteiger charge is 2.24. The summed E-state index contributed by atoms with van der Waals surface area (Å²) in [5.41, 5.74) is 0.